The predicted octanol–water partition coefficient (Wildman–Crippen LogP) is 2.38. The molecule has 0 spiro atoms. The molecule has 1 amide bonds. The van der Waals surface area contributed by atoms with Gasteiger partial charge in [0, 0.05) is 11.7 Å². The number of amides is 1. The second-order valence-electron chi connectivity index (χ2n) is 5.02. The minimum Gasteiger partial charge on any atom is -0.349 e. The molecule has 1 aliphatic rings. The van der Waals surface area contributed by atoms with Gasteiger partial charge < -0.3 is 5.32 Å². The van der Waals surface area contributed by atoms with Gasteiger partial charge in [-0.25, -0.2) is 8.42 Å². The molecule has 0 aromatic heterocycles. The molecule has 0 bridgehead atoms. The maximum atomic E-state index is 12.1. The van der Waals surface area contributed by atoms with Gasteiger partial charge in [-0.1, -0.05) is 24.4 Å². The molecule has 0 saturated heterocycles. The van der Waals surface area contributed by atoms with Gasteiger partial charge in [0.1, 0.15) is 0 Å². The lowest BCUT2D eigenvalue weighted by atomic mass is 10.1. The van der Waals surface area contributed by atoms with Crippen LogP contribution in [0, 0.1) is 0 Å². The average Bonchev–Trinajstić information content (AvgIpc) is 2.79. The molecule has 1 fully saturated rings. The van der Waals surface area contributed by atoms with Crippen LogP contribution in [0.1, 0.15) is 36.0 Å². The van der Waals surface area contributed by atoms with Gasteiger partial charge in [0.05, 0.1) is 16.8 Å². The molecule has 0 radical (unpaired) electrons. The molecule has 5 nitrogen and oxygen atoms in total. The molecule has 2 rings (SSSR count). The van der Waals surface area contributed by atoms with Crippen molar-refractivity contribution in [2.45, 2.75) is 31.7 Å². The molecule has 0 aliphatic heterocycles. The summed E-state index contributed by atoms with van der Waals surface area (Å²) in [4.78, 5) is 12.1. The Morgan fingerprint density at radius 2 is 1.95 bits per heavy atom. The predicted molar refractivity (Wildman–Crippen MR) is 79.6 cm³/mol. The molecule has 1 aromatic carbocycles. The van der Waals surface area contributed by atoms with E-state index >= 15 is 0 Å². The van der Waals surface area contributed by atoms with E-state index < -0.39 is 10.0 Å². The Bertz CT molecular complexity index is 610. The van der Waals surface area contributed by atoms with E-state index in [2.05, 4.69) is 10.0 Å². The summed E-state index contributed by atoms with van der Waals surface area (Å²) in [5.74, 6) is -0.215. The second kappa shape index (κ2) is 6.01. The Morgan fingerprint density at radius 1 is 1.30 bits per heavy atom. The minimum atomic E-state index is -3.35. The number of sulfonamides is 1. The molecular weight excluding hydrogens is 300 g/mol. The van der Waals surface area contributed by atoms with Gasteiger partial charge in [0.2, 0.25) is 10.0 Å². The third kappa shape index (κ3) is 4.11. The number of hydrogen-bond donors (Lipinski definition) is 2. The number of carbonyl (C=O) groups excluding carboxylic acids is 1. The van der Waals surface area contributed by atoms with Crippen molar-refractivity contribution >= 4 is 33.2 Å². The van der Waals surface area contributed by atoms with E-state index in [-0.39, 0.29) is 17.0 Å². The highest BCUT2D eigenvalue weighted by Crippen LogP contribution is 2.23. The molecular formula is C13H17ClN2O3S. The molecule has 0 atom stereocenters. The van der Waals surface area contributed by atoms with Crippen molar-refractivity contribution < 1.29 is 13.2 Å². The summed E-state index contributed by atoms with van der Waals surface area (Å²) >= 11 is 6.04. The lowest BCUT2D eigenvalue weighted by molar-refractivity contribution is 0.0938. The zero-order valence-electron chi connectivity index (χ0n) is 11.1. The van der Waals surface area contributed by atoms with Crippen LogP contribution in [-0.4, -0.2) is 26.6 Å². The second-order valence-corrected chi connectivity index (χ2v) is 7.18. The van der Waals surface area contributed by atoms with Crippen LogP contribution in [0.3, 0.4) is 0 Å². The van der Waals surface area contributed by atoms with Crippen molar-refractivity contribution in [2.24, 2.45) is 0 Å². The first-order chi connectivity index (χ1) is 9.35. The highest BCUT2D eigenvalue weighted by molar-refractivity contribution is 7.92. The lowest BCUT2D eigenvalue weighted by Gasteiger charge is -2.13. The third-order valence-corrected chi connectivity index (χ3v) is 4.13. The number of rotatable bonds is 4. The highest BCUT2D eigenvalue weighted by atomic mass is 35.5. The quantitative estimate of drug-likeness (QED) is 0.895. The fraction of sp³-hybridized carbons (Fsp3) is 0.462. The van der Waals surface area contributed by atoms with E-state index in [4.69, 9.17) is 11.6 Å². The first kappa shape index (κ1) is 15.1. The molecule has 2 N–H and O–H groups in total. The monoisotopic (exact) mass is 316 g/mol. The summed E-state index contributed by atoms with van der Waals surface area (Å²) in [6.07, 6.45) is 5.32. The van der Waals surface area contributed by atoms with Crippen molar-refractivity contribution in [1.82, 2.24) is 5.32 Å². The first-order valence-electron chi connectivity index (χ1n) is 6.43. The van der Waals surface area contributed by atoms with Gasteiger partial charge in [-0.15, -0.1) is 0 Å². The summed E-state index contributed by atoms with van der Waals surface area (Å²) in [5, 5.41) is 3.17. The Kier molecular flexibility index (Phi) is 4.55. The number of benzene rings is 1. The SMILES string of the molecule is CS(=O)(=O)Nc1ccc(C(=O)NC2CCCC2)c(Cl)c1. The van der Waals surface area contributed by atoms with Gasteiger partial charge in [-0.2, -0.15) is 0 Å². The normalized spacial score (nSPS) is 16.1. The topological polar surface area (TPSA) is 75.3 Å². The fourth-order valence-corrected chi connectivity index (χ4v) is 3.13. The summed E-state index contributed by atoms with van der Waals surface area (Å²) < 4.78 is 24.6. The summed E-state index contributed by atoms with van der Waals surface area (Å²) in [7, 11) is -3.35. The van der Waals surface area contributed by atoms with Crippen molar-refractivity contribution in [1.29, 1.82) is 0 Å². The van der Waals surface area contributed by atoms with Crippen LogP contribution in [0.4, 0.5) is 5.69 Å². The summed E-state index contributed by atoms with van der Waals surface area (Å²) in [6.45, 7) is 0. The van der Waals surface area contributed by atoms with E-state index in [1.54, 1.807) is 0 Å². The van der Waals surface area contributed by atoms with E-state index in [0.717, 1.165) is 31.9 Å². The van der Waals surface area contributed by atoms with Crippen LogP contribution in [0.5, 0.6) is 0 Å². The summed E-state index contributed by atoms with van der Waals surface area (Å²) in [5.41, 5.74) is 0.701. The lowest BCUT2D eigenvalue weighted by Crippen LogP contribution is -2.32. The maximum Gasteiger partial charge on any atom is 0.253 e. The van der Waals surface area contributed by atoms with Crippen molar-refractivity contribution in [2.75, 3.05) is 11.0 Å². The molecule has 110 valence electrons. The van der Waals surface area contributed by atoms with Crippen molar-refractivity contribution in [3.63, 3.8) is 0 Å². The van der Waals surface area contributed by atoms with Crippen LogP contribution in [0.15, 0.2) is 18.2 Å². The number of halogens is 1. The molecule has 20 heavy (non-hydrogen) atoms. The van der Waals surface area contributed by atoms with Crippen LogP contribution in [-0.2, 0) is 10.0 Å². The molecule has 1 saturated carbocycles. The van der Waals surface area contributed by atoms with E-state index in [9.17, 15) is 13.2 Å². The first-order valence-corrected chi connectivity index (χ1v) is 8.70. The fourth-order valence-electron chi connectivity index (χ4n) is 2.31. The van der Waals surface area contributed by atoms with Gasteiger partial charge >= 0.3 is 0 Å². The standard InChI is InChI=1S/C13H17ClN2O3S/c1-20(18,19)16-10-6-7-11(12(14)8-10)13(17)15-9-4-2-3-5-9/h6-9,16H,2-5H2,1H3,(H,15,17). The van der Waals surface area contributed by atoms with Gasteiger partial charge in [0.15, 0.2) is 0 Å². The molecule has 0 heterocycles. The van der Waals surface area contributed by atoms with Crippen LogP contribution in [0.25, 0.3) is 0 Å². The van der Waals surface area contributed by atoms with Crippen LogP contribution in [0.2, 0.25) is 5.02 Å². The molecule has 0 unspecified atom stereocenters. The number of nitrogens with one attached hydrogen (secondary N) is 2. The Morgan fingerprint density at radius 3 is 2.50 bits per heavy atom. The van der Waals surface area contributed by atoms with E-state index in [1.807, 2.05) is 0 Å². The van der Waals surface area contributed by atoms with Crippen LogP contribution < -0.4 is 10.0 Å². The largest absolute Gasteiger partial charge is 0.349 e. The zero-order chi connectivity index (χ0) is 14.8. The third-order valence-electron chi connectivity index (χ3n) is 3.21. The van der Waals surface area contributed by atoms with E-state index in [1.165, 1.54) is 18.2 Å². The van der Waals surface area contributed by atoms with E-state index in [0.29, 0.717) is 11.3 Å². The Labute approximate surface area is 123 Å². The highest BCUT2D eigenvalue weighted by Gasteiger charge is 2.19. The molecule has 1 aliphatic carbocycles. The molecule has 1 aromatic rings. The zero-order valence-corrected chi connectivity index (χ0v) is 12.7. The van der Waals surface area contributed by atoms with Crippen LogP contribution >= 0.6 is 11.6 Å². The maximum absolute atomic E-state index is 12.1. The number of carbonyl (C=O) groups is 1. The van der Waals surface area contributed by atoms with Gasteiger partial charge in [-0.05, 0) is 31.0 Å². The smallest absolute Gasteiger partial charge is 0.253 e. The summed E-state index contributed by atoms with van der Waals surface area (Å²) in [6, 6.07) is 4.70. The molecule has 7 heteroatoms. The number of anilines is 1. The Hall–Kier alpha value is -1.27. The minimum absolute atomic E-state index is 0.215. The van der Waals surface area contributed by atoms with Gasteiger partial charge in [0.25, 0.3) is 5.91 Å². The average molecular weight is 317 g/mol. The van der Waals surface area contributed by atoms with Crippen molar-refractivity contribution in [3.8, 4) is 0 Å². The Balaban J connectivity index is 2.10. The van der Waals surface area contributed by atoms with Gasteiger partial charge in [-0.3, -0.25) is 9.52 Å². The van der Waals surface area contributed by atoms with Crippen molar-refractivity contribution in [3.05, 3.63) is 28.8 Å². The number of hydrogen-bond acceptors (Lipinski definition) is 3.